The summed E-state index contributed by atoms with van der Waals surface area (Å²) in [5, 5.41) is 6.96. The van der Waals surface area contributed by atoms with Gasteiger partial charge in [-0.2, -0.15) is 4.98 Å². The highest BCUT2D eigenvalue weighted by atomic mass is 35.5. The zero-order chi connectivity index (χ0) is 23.7. The molecule has 0 saturated carbocycles. The maximum absolute atomic E-state index is 13.8. The first-order valence-corrected chi connectivity index (χ1v) is 12.1. The van der Waals surface area contributed by atoms with Crippen LogP contribution in [0.25, 0.3) is 11.1 Å². The SMILES string of the molecule is CCC1CCCN(C(=O)C2=C(C)NC(Nc3nc4ccccc4o3)=NC2c2ccccc2Cl)C1. The van der Waals surface area contributed by atoms with E-state index in [1.54, 1.807) is 0 Å². The van der Waals surface area contributed by atoms with Crippen molar-refractivity contribution in [2.45, 2.75) is 39.2 Å². The number of piperidine rings is 1. The highest BCUT2D eigenvalue weighted by Gasteiger charge is 2.34. The minimum absolute atomic E-state index is 0.0118. The van der Waals surface area contributed by atoms with E-state index in [9.17, 15) is 4.79 Å². The summed E-state index contributed by atoms with van der Waals surface area (Å²) in [6.45, 7) is 5.63. The fourth-order valence-electron chi connectivity index (χ4n) is 4.72. The molecule has 1 saturated heterocycles. The van der Waals surface area contributed by atoms with Crippen LogP contribution in [0.2, 0.25) is 5.02 Å². The Balaban J connectivity index is 1.49. The van der Waals surface area contributed by atoms with Gasteiger partial charge in [0.25, 0.3) is 5.91 Å². The molecule has 1 aromatic heterocycles. The van der Waals surface area contributed by atoms with Crippen molar-refractivity contribution in [3.8, 4) is 0 Å². The number of anilines is 1. The molecule has 2 atom stereocenters. The standard InChI is InChI=1S/C26H28ClN5O2/c1-3-17-9-8-14-32(15-17)24(33)22-16(2)28-25(30-23(22)18-10-4-5-11-19(18)27)31-26-29-20-12-6-7-13-21(20)34-26/h4-7,10-13,17,23H,3,8-9,14-15H2,1-2H3,(H2,28,29,30,31). The van der Waals surface area contributed by atoms with Gasteiger partial charge in [-0.05, 0) is 43.9 Å². The minimum atomic E-state index is -0.545. The minimum Gasteiger partial charge on any atom is -0.423 e. The van der Waals surface area contributed by atoms with E-state index in [1.807, 2.05) is 60.4 Å². The molecule has 2 aliphatic rings. The van der Waals surface area contributed by atoms with Crippen LogP contribution in [-0.2, 0) is 4.79 Å². The number of hydrogen-bond acceptors (Lipinski definition) is 6. The molecule has 2 N–H and O–H groups in total. The molecule has 3 aromatic rings. The maximum Gasteiger partial charge on any atom is 0.302 e. The van der Waals surface area contributed by atoms with E-state index in [0.29, 0.717) is 34.1 Å². The predicted octanol–water partition coefficient (Wildman–Crippen LogP) is 5.52. The van der Waals surface area contributed by atoms with E-state index in [-0.39, 0.29) is 5.91 Å². The maximum atomic E-state index is 13.8. The Morgan fingerprint density at radius 3 is 2.82 bits per heavy atom. The summed E-state index contributed by atoms with van der Waals surface area (Å²) >= 11 is 6.58. The fourth-order valence-corrected chi connectivity index (χ4v) is 4.96. The molecule has 0 aliphatic carbocycles. The molecule has 3 heterocycles. The number of oxazole rings is 1. The zero-order valence-electron chi connectivity index (χ0n) is 19.3. The summed E-state index contributed by atoms with van der Waals surface area (Å²) in [7, 11) is 0. The fraction of sp³-hybridized carbons (Fsp3) is 0.346. The van der Waals surface area contributed by atoms with Crippen LogP contribution in [0.3, 0.4) is 0 Å². The van der Waals surface area contributed by atoms with Crippen molar-refractivity contribution in [2.24, 2.45) is 10.9 Å². The van der Waals surface area contributed by atoms with Crippen LogP contribution in [0.5, 0.6) is 0 Å². The van der Waals surface area contributed by atoms with Gasteiger partial charge in [0.2, 0.25) is 5.96 Å². The molecule has 1 fully saturated rings. The molecular formula is C26H28ClN5O2. The van der Waals surface area contributed by atoms with E-state index < -0.39 is 6.04 Å². The van der Waals surface area contributed by atoms with Crippen LogP contribution in [-0.4, -0.2) is 34.8 Å². The quantitative estimate of drug-likeness (QED) is 0.517. The lowest BCUT2D eigenvalue weighted by Crippen LogP contribution is -2.44. The second-order valence-electron chi connectivity index (χ2n) is 8.84. The lowest BCUT2D eigenvalue weighted by molar-refractivity contribution is -0.129. The molecule has 2 aliphatic heterocycles. The Bertz CT molecular complexity index is 1250. The number of allylic oxidation sites excluding steroid dienone is 1. The van der Waals surface area contributed by atoms with Crippen molar-refractivity contribution in [1.29, 1.82) is 0 Å². The third kappa shape index (κ3) is 4.40. The van der Waals surface area contributed by atoms with E-state index in [1.165, 1.54) is 6.42 Å². The number of halogens is 1. The number of para-hydroxylation sites is 2. The zero-order valence-corrected chi connectivity index (χ0v) is 20.1. The molecule has 2 unspecified atom stereocenters. The average Bonchev–Trinajstić information content (AvgIpc) is 3.26. The van der Waals surface area contributed by atoms with E-state index >= 15 is 0 Å². The van der Waals surface area contributed by atoms with Gasteiger partial charge in [0.1, 0.15) is 11.6 Å². The summed E-state index contributed by atoms with van der Waals surface area (Å²) in [4.78, 5) is 25.1. The molecule has 176 valence electrons. The van der Waals surface area contributed by atoms with E-state index in [0.717, 1.165) is 42.7 Å². The van der Waals surface area contributed by atoms with Gasteiger partial charge in [0.05, 0.1) is 5.57 Å². The molecule has 7 nitrogen and oxygen atoms in total. The van der Waals surface area contributed by atoms with Crippen LogP contribution >= 0.6 is 11.6 Å². The Morgan fingerprint density at radius 1 is 1.24 bits per heavy atom. The Hall–Kier alpha value is -3.32. The summed E-state index contributed by atoms with van der Waals surface area (Å²) in [6.07, 6.45) is 3.26. The Kier molecular flexibility index (Phi) is 6.28. The number of guanidine groups is 1. The molecular weight excluding hydrogens is 450 g/mol. The average molecular weight is 478 g/mol. The number of aliphatic imine (C=N–C) groups is 1. The topological polar surface area (TPSA) is 82.8 Å². The number of rotatable bonds is 4. The molecule has 0 bridgehead atoms. The second-order valence-corrected chi connectivity index (χ2v) is 9.25. The van der Waals surface area contributed by atoms with Gasteiger partial charge in [0, 0.05) is 29.4 Å². The van der Waals surface area contributed by atoms with Gasteiger partial charge in [-0.25, -0.2) is 4.99 Å². The molecule has 0 radical (unpaired) electrons. The molecule has 2 aromatic carbocycles. The van der Waals surface area contributed by atoms with Crippen LogP contribution in [0.4, 0.5) is 6.01 Å². The number of carbonyl (C=O) groups is 1. The number of carbonyl (C=O) groups excluding carboxylic acids is 1. The first-order chi connectivity index (χ1) is 16.5. The van der Waals surface area contributed by atoms with Gasteiger partial charge in [0.15, 0.2) is 5.58 Å². The summed E-state index contributed by atoms with van der Waals surface area (Å²) in [5.41, 5.74) is 3.58. The van der Waals surface area contributed by atoms with Gasteiger partial charge < -0.3 is 14.6 Å². The highest BCUT2D eigenvalue weighted by molar-refractivity contribution is 6.31. The van der Waals surface area contributed by atoms with Gasteiger partial charge in [-0.3, -0.25) is 10.1 Å². The molecule has 34 heavy (non-hydrogen) atoms. The van der Waals surface area contributed by atoms with Crippen molar-refractivity contribution in [2.75, 3.05) is 18.4 Å². The Labute approximate surface area is 203 Å². The van der Waals surface area contributed by atoms with Crippen molar-refractivity contribution >= 4 is 40.6 Å². The predicted molar refractivity (Wildman–Crippen MR) is 135 cm³/mol. The van der Waals surface area contributed by atoms with Gasteiger partial charge in [-0.15, -0.1) is 0 Å². The van der Waals surface area contributed by atoms with Crippen LogP contribution in [0.15, 0.2) is 69.2 Å². The van der Waals surface area contributed by atoms with Gasteiger partial charge in [-0.1, -0.05) is 55.3 Å². The number of fused-ring (bicyclic) bond motifs is 1. The summed E-state index contributed by atoms with van der Waals surface area (Å²) < 4.78 is 5.80. The number of nitrogens with one attached hydrogen (secondary N) is 2. The Morgan fingerprint density at radius 2 is 2.03 bits per heavy atom. The first kappa shape index (κ1) is 22.5. The number of aromatic nitrogens is 1. The molecule has 1 amide bonds. The highest BCUT2D eigenvalue weighted by Crippen LogP contribution is 2.36. The van der Waals surface area contributed by atoms with Crippen molar-refractivity contribution in [3.63, 3.8) is 0 Å². The van der Waals surface area contributed by atoms with E-state index in [2.05, 4.69) is 22.5 Å². The number of benzene rings is 2. The van der Waals surface area contributed by atoms with Gasteiger partial charge >= 0.3 is 6.01 Å². The molecule has 0 spiro atoms. The second kappa shape index (κ2) is 9.50. The third-order valence-corrected chi connectivity index (χ3v) is 6.92. The molecule has 8 heteroatoms. The lowest BCUT2D eigenvalue weighted by atomic mass is 9.92. The number of amides is 1. The first-order valence-electron chi connectivity index (χ1n) is 11.8. The monoisotopic (exact) mass is 477 g/mol. The summed E-state index contributed by atoms with van der Waals surface area (Å²) in [6, 6.07) is 14.9. The lowest BCUT2D eigenvalue weighted by Gasteiger charge is -2.35. The van der Waals surface area contributed by atoms with Crippen molar-refractivity contribution in [1.82, 2.24) is 15.2 Å². The number of likely N-dealkylation sites (tertiary alicyclic amines) is 1. The molecule has 5 rings (SSSR count). The van der Waals surface area contributed by atoms with Crippen molar-refractivity contribution in [3.05, 3.63) is 70.4 Å². The van der Waals surface area contributed by atoms with Crippen LogP contribution < -0.4 is 10.6 Å². The van der Waals surface area contributed by atoms with E-state index in [4.69, 9.17) is 21.0 Å². The smallest absolute Gasteiger partial charge is 0.302 e. The number of nitrogens with zero attached hydrogens (tertiary/aromatic N) is 3. The third-order valence-electron chi connectivity index (χ3n) is 6.57. The van der Waals surface area contributed by atoms with Crippen molar-refractivity contribution < 1.29 is 9.21 Å². The van der Waals surface area contributed by atoms with Crippen LogP contribution in [0, 0.1) is 5.92 Å². The summed E-state index contributed by atoms with van der Waals surface area (Å²) in [5.74, 6) is 1.00. The largest absolute Gasteiger partial charge is 0.423 e. The van der Waals surface area contributed by atoms with Crippen LogP contribution in [0.1, 0.15) is 44.7 Å². The number of hydrogen-bond donors (Lipinski definition) is 2. The normalized spacial score (nSPS) is 20.8.